The zero-order valence-electron chi connectivity index (χ0n) is 8.17. The summed E-state index contributed by atoms with van der Waals surface area (Å²) in [5.41, 5.74) is -1.33. The molecule has 0 saturated heterocycles. The topological polar surface area (TPSA) is 127 Å². The van der Waals surface area contributed by atoms with E-state index < -0.39 is 50.5 Å². The molecule has 0 saturated carbocycles. The summed E-state index contributed by atoms with van der Waals surface area (Å²) in [5.74, 6) is -1.07. The number of hydrogen-bond acceptors (Lipinski definition) is 7. The lowest BCUT2D eigenvalue weighted by Crippen LogP contribution is -2.41. The van der Waals surface area contributed by atoms with E-state index in [4.69, 9.17) is 25.5 Å². The second kappa shape index (κ2) is 6.70. The van der Waals surface area contributed by atoms with Crippen LogP contribution in [0.4, 0.5) is 0 Å². The molecule has 0 fully saturated rings. The molecule has 0 rings (SSSR count). The molecule has 1 unspecified atom stereocenters. The Morgan fingerprint density at radius 3 is 1.93 bits per heavy atom. The highest BCUT2D eigenvalue weighted by Gasteiger charge is 2.31. The molecule has 5 N–H and O–H groups in total. The summed E-state index contributed by atoms with van der Waals surface area (Å²) in [6.07, 6.45) is -1.65. The van der Waals surface area contributed by atoms with Crippen molar-refractivity contribution in [1.29, 1.82) is 0 Å². The van der Waals surface area contributed by atoms with Gasteiger partial charge in [-0.05, 0) is 0 Å². The van der Waals surface area contributed by atoms with Gasteiger partial charge in [-0.2, -0.15) is 0 Å². The monoisotopic (exact) mass is 224 g/mol. The average Bonchev–Trinajstić information content (AvgIpc) is 2.30. The van der Waals surface area contributed by atoms with E-state index in [-0.39, 0.29) is 0 Å². The van der Waals surface area contributed by atoms with Crippen molar-refractivity contribution in [3.8, 4) is 0 Å². The molecule has 0 amide bonds. The summed E-state index contributed by atoms with van der Waals surface area (Å²) in [7, 11) is 0. The lowest BCUT2D eigenvalue weighted by Gasteiger charge is -2.26. The van der Waals surface area contributed by atoms with Crippen LogP contribution in [0, 0.1) is 5.41 Å². The molecular weight excluding hydrogens is 208 g/mol. The SMILES string of the molecule is O=C(OCC(CO)(CO)CO)C(O)CO. The number of hydrogen-bond donors (Lipinski definition) is 5. The molecule has 7 heteroatoms. The first-order valence-corrected chi connectivity index (χ1v) is 4.33. The Bertz CT molecular complexity index is 181. The highest BCUT2D eigenvalue weighted by molar-refractivity contribution is 5.74. The summed E-state index contributed by atoms with van der Waals surface area (Å²) in [5, 5.41) is 43.8. The molecule has 0 aromatic heterocycles. The van der Waals surface area contributed by atoms with Crippen LogP contribution in [0.1, 0.15) is 0 Å². The molecule has 0 aliphatic carbocycles. The second-order valence-electron chi connectivity index (χ2n) is 3.28. The summed E-state index contributed by atoms with van der Waals surface area (Å²) in [6.45, 7) is -2.91. The Labute approximate surface area is 86.5 Å². The van der Waals surface area contributed by atoms with Gasteiger partial charge in [0.2, 0.25) is 0 Å². The predicted molar refractivity (Wildman–Crippen MR) is 47.7 cm³/mol. The normalized spacial score (nSPS) is 13.7. The van der Waals surface area contributed by atoms with Gasteiger partial charge in [0.15, 0.2) is 6.10 Å². The van der Waals surface area contributed by atoms with E-state index >= 15 is 0 Å². The molecule has 0 heterocycles. The largest absolute Gasteiger partial charge is 0.463 e. The molecule has 0 spiro atoms. The zero-order chi connectivity index (χ0) is 11.9. The maximum Gasteiger partial charge on any atom is 0.337 e. The van der Waals surface area contributed by atoms with Crippen LogP contribution < -0.4 is 0 Å². The van der Waals surface area contributed by atoms with Crippen molar-refractivity contribution < 1.29 is 35.1 Å². The fraction of sp³-hybridized carbons (Fsp3) is 0.875. The van der Waals surface area contributed by atoms with Crippen molar-refractivity contribution in [2.45, 2.75) is 6.10 Å². The van der Waals surface area contributed by atoms with Crippen LogP contribution in [-0.4, -0.2) is 70.6 Å². The Morgan fingerprint density at radius 2 is 1.60 bits per heavy atom. The number of esters is 1. The number of carbonyl (C=O) groups is 1. The quantitative estimate of drug-likeness (QED) is 0.289. The summed E-state index contributed by atoms with van der Waals surface area (Å²) in [6, 6.07) is 0. The van der Waals surface area contributed by atoms with Crippen molar-refractivity contribution in [2.24, 2.45) is 5.41 Å². The van der Waals surface area contributed by atoms with Gasteiger partial charge in [0.1, 0.15) is 6.61 Å². The van der Waals surface area contributed by atoms with Crippen LogP contribution >= 0.6 is 0 Å². The summed E-state index contributed by atoms with van der Waals surface area (Å²) in [4.78, 5) is 10.9. The first kappa shape index (κ1) is 14.3. The number of rotatable bonds is 7. The molecule has 0 radical (unpaired) electrons. The third-order valence-electron chi connectivity index (χ3n) is 1.97. The molecule has 0 aliphatic rings. The minimum Gasteiger partial charge on any atom is -0.463 e. The van der Waals surface area contributed by atoms with E-state index in [1.807, 2.05) is 0 Å². The molecule has 0 aromatic carbocycles. The van der Waals surface area contributed by atoms with Crippen molar-refractivity contribution in [3.05, 3.63) is 0 Å². The molecule has 7 nitrogen and oxygen atoms in total. The van der Waals surface area contributed by atoms with Gasteiger partial charge in [0.05, 0.1) is 31.8 Å². The number of aliphatic hydroxyl groups is 5. The van der Waals surface area contributed by atoms with Gasteiger partial charge in [-0.25, -0.2) is 4.79 Å². The number of ether oxygens (including phenoxy) is 1. The van der Waals surface area contributed by atoms with E-state index in [0.717, 1.165) is 0 Å². The zero-order valence-corrected chi connectivity index (χ0v) is 8.17. The first-order chi connectivity index (χ1) is 7.05. The Kier molecular flexibility index (Phi) is 6.37. The van der Waals surface area contributed by atoms with Crippen molar-refractivity contribution in [2.75, 3.05) is 33.0 Å². The minimum atomic E-state index is -1.65. The van der Waals surface area contributed by atoms with Crippen LogP contribution in [0.25, 0.3) is 0 Å². The Morgan fingerprint density at radius 1 is 1.13 bits per heavy atom. The van der Waals surface area contributed by atoms with Gasteiger partial charge < -0.3 is 30.3 Å². The second-order valence-corrected chi connectivity index (χ2v) is 3.28. The lowest BCUT2D eigenvalue weighted by atomic mass is 9.93. The van der Waals surface area contributed by atoms with Crippen LogP contribution in [0.5, 0.6) is 0 Å². The van der Waals surface area contributed by atoms with Gasteiger partial charge in [-0.1, -0.05) is 0 Å². The molecule has 0 aromatic rings. The third kappa shape index (κ3) is 4.10. The van der Waals surface area contributed by atoms with Gasteiger partial charge in [-0.3, -0.25) is 0 Å². The molecular formula is C8H16O7. The smallest absolute Gasteiger partial charge is 0.337 e. The van der Waals surface area contributed by atoms with Crippen LogP contribution in [0.15, 0.2) is 0 Å². The summed E-state index contributed by atoms with van der Waals surface area (Å²) >= 11 is 0. The molecule has 0 aliphatic heterocycles. The van der Waals surface area contributed by atoms with Crippen LogP contribution in [0.3, 0.4) is 0 Å². The van der Waals surface area contributed by atoms with Gasteiger partial charge in [0, 0.05) is 0 Å². The predicted octanol–water partition coefficient (Wildman–Crippen LogP) is -3.15. The van der Waals surface area contributed by atoms with E-state index in [2.05, 4.69) is 4.74 Å². The number of carbonyl (C=O) groups excluding carboxylic acids is 1. The molecule has 1 atom stereocenters. The Balaban J connectivity index is 4.16. The van der Waals surface area contributed by atoms with Gasteiger partial charge in [-0.15, -0.1) is 0 Å². The van der Waals surface area contributed by atoms with Crippen LogP contribution in [0.2, 0.25) is 0 Å². The molecule has 90 valence electrons. The highest BCUT2D eigenvalue weighted by Crippen LogP contribution is 2.15. The number of aliphatic hydroxyl groups excluding tert-OH is 5. The van der Waals surface area contributed by atoms with E-state index in [0.29, 0.717) is 0 Å². The van der Waals surface area contributed by atoms with Gasteiger partial charge >= 0.3 is 5.97 Å². The standard InChI is InChI=1S/C8H16O7/c9-1-6(13)7(14)15-5-8(2-10,3-11)4-12/h6,9-13H,1-5H2. The highest BCUT2D eigenvalue weighted by atomic mass is 16.6. The lowest BCUT2D eigenvalue weighted by molar-refractivity contribution is -0.162. The van der Waals surface area contributed by atoms with Crippen molar-refractivity contribution in [3.63, 3.8) is 0 Å². The maximum atomic E-state index is 10.9. The minimum absolute atomic E-state index is 0.438. The molecule has 0 bridgehead atoms. The maximum absolute atomic E-state index is 10.9. The first-order valence-electron chi connectivity index (χ1n) is 4.33. The van der Waals surface area contributed by atoms with Gasteiger partial charge in [0.25, 0.3) is 0 Å². The van der Waals surface area contributed by atoms with Crippen molar-refractivity contribution in [1.82, 2.24) is 0 Å². The van der Waals surface area contributed by atoms with E-state index in [9.17, 15) is 4.79 Å². The van der Waals surface area contributed by atoms with E-state index in [1.54, 1.807) is 0 Å². The van der Waals surface area contributed by atoms with Crippen molar-refractivity contribution >= 4 is 5.97 Å². The third-order valence-corrected chi connectivity index (χ3v) is 1.97. The summed E-state index contributed by atoms with van der Waals surface area (Å²) < 4.78 is 4.50. The average molecular weight is 224 g/mol. The molecule has 15 heavy (non-hydrogen) atoms. The fourth-order valence-electron chi connectivity index (χ4n) is 0.682. The Hall–Kier alpha value is -0.730. The fourth-order valence-corrected chi connectivity index (χ4v) is 0.682. The van der Waals surface area contributed by atoms with Crippen LogP contribution in [-0.2, 0) is 9.53 Å². The van der Waals surface area contributed by atoms with E-state index in [1.165, 1.54) is 0 Å².